The van der Waals surface area contributed by atoms with Crippen LogP contribution in [0.5, 0.6) is 0 Å². The average molecular weight is 357 g/mol. The summed E-state index contributed by atoms with van der Waals surface area (Å²) in [6, 6.07) is 13.1. The van der Waals surface area contributed by atoms with Crippen LogP contribution < -0.4 is 5.43 Å². The van der Waals surface area contributed by atoms with Crippen LogP contribution in [0.3, 0.4) is 0 Å². The Morgan fingerprint density at radius 3 is 2.62 bits per heavy atom. The first-order valence-corrected chi connectivity index (χ1v) is 7.82. The molecule has 0 bridgehead atoms. The summed E-state index contributed by atoms with van der Waals surface area (Å²) in [5.41, 5.74) is 5.66. The maximum absolute atomic E-state index is 6.08. The van der Waals surface area contributed by atoms with Gasteiger partial charge in [0.25, 0.3) is 5.95 Å². The van der Waals surface area contributed by atoms with Gasteiger partial charge in [0.05, 0.1) is 16.3 Å². The summed E-state index contributed by atoms with van der Waals surface area (Å²) in [5, 5.41) is 14.3. The molecule has 0 saturated carbocycles. The van der Waals surface area contributed by atoms with Crippen LogP contribution in [0.25, 0.3) is 22.1 Å². The highest BCUT2D eigenvalue weighted by atomic mass is 35.5. The first kappa shape index (κ1) is 14.9. The molecule has 4 rings (SSSR count). The predicted octanol–water partition coefficient (Wildman–Crippen LogP) is 4.26. The highest BCUT2D eigenvalue weighted by Gasteiger charge is 2.08. The fraction of sp³-hybridized carbons (Fsp3) is 0. The highest BCUT2D eigenvalue weighted by molar-refractivity contribution is 6.38. The number of rotatable bonds is 3. The number of aromatic nitrogens is 4. The second-order valence-electron chi connectivity index (χ2n) is 5.01. The number of anilines is 1. The number of para-hydroxylation sites is 1. The van der Waals surface area contributed by atoms with Gasteiger partial charge in [0, 0.05) is 16.5 Å². The Labute approximate surface area is 146 Å². The molecule has 0 aliphatic heterocycles. The molecule has 0 saturated heterocycles. The number of nitrogens with zero attached hydrogens (tertiary/aromatic N) is 4. The molecular weight excluding hydrogens is 347 g/mol. The monoisotopic (exact) mass is 356 g/mol. The average Bonchev–Trinajstić information content (AvgIpc) is 2.95. The summed E-state index contributed by atoms with van der Waals surface area (Å²) in [4.78, 5) is 7.57. The third-order valence-corrected chi connectivity index (χ3v) is 4.14. The van der Waals surface area contributed by atoms with Gasteiger partial charge in [-0.15, -0.1) is 10.2 Å². The van der Waals surface area contributed by atoms with E-state index < -0.39 is 0 Å². The van der Waals surface area contributed by atoms with Crippen molar-refractivity contribution in [1.82, 2.24) is 20.2 Å². The van der Waals surface area contributed by atoms with E-state index in [0.717, 1.165) is 10.9 Å². The lowest BCUT2D eigenvalue weighted by Crippen LogP contribution is -1.99. The van der Waals surface area contributed by atoms with Crippen LogP contribution in [0, 0.1) is 0 Å². The smallest absolute Gasteiger partial charge is 0.265 e. The third-order valence-electron chi connectivity index (χ3n) is 3.48. The molecule has 2 aromatic carbocycles. The van der Waals surface area contributed by atoms with Gasteiger partial charge in [-0.2, -0.15) is 10.1 Å². The van der Waals surface area contributed by atoms with Gasteiger partial charge in [-0.25, -0.2) is 5.43 Å². The lowest BCUT2D eigenvalue weighted by atomic mass is 10.2. The van der Waals surface area contributed by atoms with E-state index in [1.165, 1.54) is 6.21 Å². The summed E-state index contributed by atoms with van der Waals surface area (Å²) in [7, 11) is 0. The second kappa shape index (κ2) is 6.07. The van der Waals surface area contributed by atoms with Gasteiger partial charge in [0.2, 0.25) is 0 Å². The molecule has 2 heterocycles. The molecule has 24 heavy (non-hydrogen) atoms. The molecule has 0 fully saturated rings. The van der Waals surface area contributed by atoms with Gasteiger partial charge in [-0.3, -0.25) is 0 Å². The molecule has 0 spiro atoms. The fourth-order valence-electron chi connectivity index (χ4n) is 2.36. The van der Waals surface area contributed by atoms with Gasteiger partial charge in [0.15, 0.2) is 5.65 Å². The Morgan fingerprint density at radius 1 is 1.00 bits per heavy atom. The lowest BCUT2D eigenvalue weighted by molar-refractivity contribution is 1.01. The maximum atomic E-state index is 6.08. The molecule has 2 N–H and O–H groups in total. The molecule has 4 aromatic rings. The van der Waals surface area contributed by atoms with Crippen molar-refractivity contribution in [2.75, 3.05) is 5.43 Å². The van der Waals surface area contributed by atoms with Crippen LogP contribution in [0.1, 0.15) is 5.56 Å². The molecule has 8 heteroatoms. The molecule has 0 aliphatic carbocycles. The summed E-state index contributed by atoms with van der Waals surface area (Å²) < 4.78 is 0. The summed E-state index contributed by atoms with van der Waals surface area (Å²) in [6.45, 7) is 0. The minimum atomic E-state index is 0.272. The van der Waals surface area contributed by atoms with E-state index in [1.807, 2.05) is 24.3 Å². The second-order valence-corrected chi connectivity index (χ2v) is 5.82. The molecule has 0 atom stereocenters. The van der Waals surface area contributed by atoms with Crippen molar-refractivity contribution in [3.8, 4) is 0 Å². The molecule has 0 unspecified atom stereocenters. The largest absolute Gasteiger partial charge is 0.338 e. The normalized spacial score (nSPS) is 11.6. The van der Waals surface area contributed by atoms with Crippen LogP contribution in [0.4, 0.5) is 5.95 Å². The van der Waals surface area contributed by atoms with E-state index in [2.05, 4.69) is 30.7 Å². The number of H-pyrrole nitrogens is 1. The molecule has 118 valence electrons. The molecule has 6 nitrogen and oxygen atoms in total. The topological polar surface area (TPSA) is 78.8 Å². The zero-order valence-electron chi connectivity index (χ0n) is 12.2. The first-order chi connectivity index (χ1) is 11.7. The third kappa shape index (κ3) is 2.66. The van der Waals surface area contributed by atoms with Crippen molar-refractivity contribution >= 4 is 57.4 Å². The Kier molecular flexibility index (Phi) is 3.76. The Hall–Kier alpha value is -2.70. The zero-order valence-corrected chi connectivity index (χ0v) is 13.7. The predicted molar refractivity (Wildman–Crippen MR) is 96.9 cm³/mol. The van der Waals surface area contributed by atoms with E-state index in [-0.39, 0.29) is 5.95 Å². The van der Waals surface area contributed by atoms with Gasteiger partial charge >= 0.3 is 0 Å². The van der Waals surface area contributed by atoms with Gasteiger partial charge in [-0.05, 0) is 18.2 Å². The molecule has 2 aromatic heterocycles. The number of benzene rings is 2. The van der Waals surface area contributed by atoms with Crippen LogP contribution in [-0.4, -0.2) is 26.4 Å². The van der Waals surface area contributed by atoms with Crippen LogP contribution >= 0.6 is 23.2 Å². The van der Waals surface area contributed by atoms with E-state index in [0.29, 0.717) is 26.8 Å². The van der Waals surface area contributed by atoms with Crippen molar-refractivity contribution in [3.63, 3.8) is 0 Å². The van der Waals surface area contributed by atoms with Crippen LogP contribution in [0.15, 0.2) is 47.6 Å². The Bertz CT molecular complexity index is 1050. The molecular formula is C16H10Cl2N6. The van der Waals surface area contributed by atoms with Crippen molar-refractivity contribution in [2.45, 2.75) is 0 Å². The zero-order chi connectivity index (χ0) is 16.5. The number of hydrogen-bond acceptors (Lipinski definition) is 5. The Balaban J connectivity index is 1.63. The van der Waals surface area contributed by atoms with Gasteiger partial charge in [0.1, 0.15) is 5.52 Å². The van der Waals surface area contributed by atoms with E-state index >= 15 is 0 Å². The summed E-state index contributed by atoms with van der Waals surface area (Å²) >= 11 is 12.2. The maximum Gasteiger partial charge on any atom is 0.265 e. The molecule has 0 amide bonds. The van der Waals surface area contributed by atoms with Crippen molar-refractivity contribution in [3.05, 3.63) is 58.1 Å². The lowest BCUT2D eigenvalue weighted by Gasteiger charge is -2.01. The van der Waals surface area contributed by atoms with Crippen molar-refractivity contribution in [1.29, 1.82) is 0 Å². The SMILES string of the molecule is Clc1cccc(Cl)c1C=NNc1nnc2c(n1)[nH]c1ccccc12. The van der Waals surface area contributed by atoms with Crippen molar-refractivity contribution in [2.24, 2.45) is 5.10 Å². The number of hydrazone groups is 1. The Morgan fingerprint density at radius 2 is 1.79 bits per heavy atom. The summed E-state index contributed by atoms with van der Waals surface area (Å²) in [5.74, 6) is 0.272. The fourth-order valence-corrected chi connectivity index (χ4v) is 2.85. The van der Waals surface area contributed by atoms with Crippen LogP contribution in [-0.2, 0) is 0 Å². The number of aromatic amines is 1. The minimum absolute atomic E-state index is 0.272. The van der Waals surface area contributed by atoms with Crippen LogP contribution in [0.2, 0.25) is 10.0 Å². The van der Waals surface area contributed by atoms with Gasteiger partial charge in [-0.1, -0.05) is 47.5 Å². The van der Waals surface area contributed by atoms with E-state index in [9.17, 15) is 0 Å². The standard InChI is InChI=1S/C16H10Cl2N6/c17-11-5-3-6-12(18)10(11)8-19-23-16-21-15-14(22-24-16)9-4-1-2-7-13(9)20-15/h1-8H,(H2,20,21,23,24). The highest BCUT2D eigenvalue weighted by Crippen LogP contribution is 2.23. The number of nitrogens with one attached hydrogen (secondary N) is 2. The molecule has 0 aliphatic rings. The number of fused-ring (bicyclic) bond motifs is 3. The minimum Gasteiger partial charge on any atom is -0.338 e. The molecule has 0 radical (unpaired) electrons. The van der Waals surface area contributed by atoms with E-state index in [1.54, 1.807) is 18.2 Å². The first-order valence-electron chi connectivity index (χ1n) is 7.06. The van der Waals surface area contributed by atoms with Crippen molar-refractivity contribution < 1.29 is 0 Å². The van der Waals surface area contributed by atoms with E-state index in [4.69, 9.17) is 23.2 Å². The quantitative estimate of drug-likeness (QED) is 0.424. The van der Waals surface area contributed by atoms with Gasteiger partial charge < -0.3 is 4.98 Å². The number of halogens is 2. The summed E-state index contributed by atoms with van der Waals surface area (Å²) in [6.07, 6.45) is 1.52. The number of hydrogen-bond donors (Lipinski definition) is 2.